The van der Waals surface area contributed by atoms with Gasteiger partial charge >= 0.3 is 25.7 Å². The van der Waals surface area contributed by atoms with Gasteiger partial charge in [-0.3, -0.25) is 23.4 Å². The van der Waals surface area contributed by atoms with Gasteiger partial charge in [-0.05, 0) is 64.2 Å². The first-order valence-corrected chi connectivity index (χ1v) is 21.4. The summed E-state index contributed by atoms with van der Waals surface area (Å²) < 4.78 is 32.5. The second-order valence-electron chi connectivity index (χ2n) is 13.4. The topological polar surface area (TPSA) is 172 Å². The summed E-state index contributed by atoms with van der Waals surface area (Å²) in [5, 5.41) is 8.86. The molecular weight excluding hydrogens is 673 g/mol. The number of phosphoric ester groups is 1. The number of aliphatic carboxylic acids is 1. The number of carboxylic acid groups (broad SMARTS) is 1. The SMILES string of the molecule is CCCCC/C=C/CCCCCCCC(=O)OC[C@H](COP(=O)(O)OC[C@H](N)C(=O)O)OC(=O)CCCC/C=C/CCCCCCCCCCC. The van der Waals surface area contributed by atoms with Gasteiger partial charge in [0.15, 0.2) is 6.10 Å². The summed E-state index contributed by atoms with van der Waals surface area (Å²) in [6.45, 7) is 2.73. The third-order valence-electron chi connectivity index (χ3n) is 8.42. The van der Waals surface area contributed by atoms with E-state index in [0.29, 0.717) is 12.8 Å². The van der Waals surface area contributed by atoms with Crippen molar-refractivity contribution in [3.63, 3.8) is 0 Å². The van der Waals surface area contributed by atoms with Crippen LogP contribution in [-0.4, -0.2) is 59.9 Å². The number of nitrogens with two attached hydrogens (primary N) is 1. The van der Waals surface area contributed by atoms with Gasteiger partial charge in [0.1, 0.15) is 12.6 Å². The molecule has 0 fully saturated rings. The molecule has 0 amide bonds. The number of rotatable bonds is 37. The number of carbonyl (C=O) groups excluding carboxylic acids is 2. The standard InChI is InChI=1S/C39H72NO10P/c1-3-5-7-9-11-13-15-17-18-19-21-23-25-27-29-31-38(42)50-35(33-48-51(45,46)49-34-36(40)39(43)44)32-47-37(41)30-28-26-24-22-20-16-14-12-10-8-6-4-2/h12,14,21,23,35-36H,3-11,13,15-20,22,24-34,40H2,1-2H3,(H,43,44)(H,45,46)/b14-12+,23-21+/t35-,36+/m1/s1. The highest BCUT2D eigenvalue weighted by molar-refractivity contribution is 7.47. The van der Waals surface area contributed by atoms with E-state index in [9.17, 15) is 23.8 Å². The van der Waals surface area contributed by atoms with Crippen LogP contribution >= 0.6 is 7.82 Å². The highest BCUT2D eigenvalue weighted by Gasteiger charge is 2.28. The Morgan fingerprint density at radius 2 is 0.980 bits per heavy atom. The number of ether oxygens (including phenoxy) is 2. The smallest absolute Gasteiger partial charge is 0.472 e. The molecule has 0 radical (unpaired) electrons. The van der Waals surface area contributed by atoms with E-state index < -0.39 is 51.1 Å². The molecule has 0 bridgehead atoms. The minimum absolute atomic E-state index is 0.131. The van der Waals surface area contributed by atoms with E-state index in [1.54, 1.807) is 0 Å². The van der Waals surface area contributed by atoms with Gasteiger partial charge in [-0.15, -0.1) is 0 Å². The number of hydrogen-bond donors (Lipinski definition) is 3. The van der Waals surface area contributed by atoms with Crippen LogP contribution in [0.15, 0.2) is 24.3 Å². The summed E-state index contributed by atoms with van der Waals surface area (Å²) in [6.07, 6.45) is 33.9. The molecule has 0 aliphatic heterocycles. The second-order valence-corrected chi connectivity index (χ2v) is 14.9. The molecule has 0 heterocycles. The predicted octanol–water partition coefficient (Wildman–Crippen LogP) is 9.89. The van der Waals surface area contributed by atoms with Gasteiger partial charge in [0.2, 0.25) is 0 Å². The average molecular weight is 746 g/mol. The first-order chi connectivity index (χ1) is 24.6. The lowest BCUT2D eigenvalue weighted by atomic mass is 10.1. The Balaban J connectivity index is 4.46. The number of esters is 2. The Bertz CT molecular complexity index is 974. The summed E-state index contributed by atoms with van der Waals surface area (Å²) in [6, 6.07) is -1.52. The van der Waals surface area contributed by atoms with Gasteiger partial charge in [0.05, 0.1) is 13.2 Å². The van der Waals surface area contributed by atoms with Crippen LogP contribution in [0, 0.1) is 0 Å². The fourth-order valence-electron chi connectivity index (χ4n) is 5.23. The highest BCUT2D eigenvalue weighted by Crippen LogP contribution is 2.43. The van der Waals surface area contributed by atoms with Crippen molar-refractivity contribution in [1.29, 1.82) is 0 Å². The van der Waals surface area contributed by atoms with Crippen LogP contribution in [0.3, 0.4) is 0 Å². The van der Waals surface area contributed by atoms with Crippen molar-refractivity contribution in [3.8, 4) is 0 Å². The van der Waals surface area contributed by atoms with Crippen LogP contribution in [0.4, 0.5) is 0 Å². The maximum Gasteiger partial charge on any atom is 0.472 e. The van der Waals surface area contributed by atoms with E-state index in [1.807, 2.05) is 0 Å². The van der Waals surface area contributed by atoms with E-state index in [4.69, 9.17) is 24.8 Å². The Morgan fingerprint density at radius 1 is 0.588 bits per heavy atom. The molecular formula is C39H72NO10P. The summed E-state index contributed by atoms with van der Waals surface area (Å²) in [5.41, 5.74) is 5.31. The number of carboxylic acids is 1. The van der Waals surface area contributed by atoms with Crippen LogP contribution in [0.5, 0.6) is 0 Å². The summed E-state index contributed by atoms with van der Waals surface area (Å²) in [4.78, 5) is 45.7. The minimum atomic E-state index is -4.71. The Labute approximate surface area is 309 Å². The van der Waals surface area contributed by atoms with Crippen LogP contribution < -0.4 is 5.73 Å². The third-order valence-corrected chi connectivity index (χ3v) is 9.37. The molecule has 0 aromatic heterocycles. The van der Waals surface area contributed by atoms with Crippen LogP contribution in [0.25, 0.3) is 0 Å². The second kappa shape index (κ2) is 35.0. The molecule has 3 atom stereocenters. The van der Waals surface area contributed by atoms with Crippen molar-refractivity contribution in [3.05, 3.63) is 24.3 Å². The van der Waals surface area contributed by atoms with Crippen molar-refractivity contribution < 1.29 is 47.5 Å². The van der Waals surface area contributed by atoms with Crippen LogP contribution in [0.2, 0.25) is 0 Å². The fraction of sp³-hybridized carbons (Fsp3) is 0.821. The van der Waals surface area contributed by atoms with Crippen molar-refractivity contribution in [1.82, 2.24) is 0 Å². The molecule has 4 N–H and O–H groups in total. The molecule has 0 saturated heterocycles. The first-order valence-electron chi connectivity index (χ1n) is 19.9. The summed E-state index contributed by atoms with van der Waals surface area (Å²) >= 11 is 0. The zero-order valence-corrected chi connectivity index (χ0v) is 32.8. The molecule has 11 nitrogen and oxygen atoms in total. The van der Waals surface area contributed by atoms with Gasteiger partial charge in [-0.2, -0.15) is 0 Å². The number of hydrogen-bond acceptors (Lipinski definition) is 9. The van der Waals surface area contributed by atoms with Gasteiger partial charge in [0.25, 0.3) is 0 Å². The molecule has 51 heavy (non-hydrogen) atoms. The summed E-state index contributed by atoms with van der Waals surface area (Å²) in [5.74, 6) is -2.42. The van der Waals surface area contributed by atoms with Crippen molar-refractivity contribution in [2.75, 3.05) is 19.8 Å². The minimum Gasteiger partial charge on any atom is -0.480 e. The number of unbranched alkanes of at least 4 members (excludes halogenated alkanes) is 19. The van der Waals surface area contributed by atoms with Crippen molar-refractivity contribution in [2.24, 2.45) is 5.73 Å². The van der Waals surface area contributed by atoms with E-state index in [1.165, 1.54) is 77.0 Å². The molecule has 0 aliphatic carbocycles. The maximum atomic E-state index is 12.6. The maximum absolute atomic E-state index is 12.6. The number of carbonyl (C=O) groups is 3. The lowest BCUT2D eigenvalue weighted by Crippen LogP contribution is -2.34. The quantitative estimate of drug-likeness (QED) is 0.0239. The van der Waals surface area contributed by atoms with E-state index in [-0.39, 0.29) is 19.4 Å². The first kappa shape index (κ1) is 49.0. The van der Waals surface area contributed by atoms with Gasteiger partial charge in [0, 0.05) is 12.8 Å². The molecule has 1 unspecified atom stereocenters. The van der Waals surface area contributed by atoms with Crippen molar-refractivity contribution >= 4 is 25.7 Å². The largest absolute Gasteiger partial charge is 0.480 e. The zero-order valence-electron chi connectivity index (χ0n) is 31.9. The molecule has 298 valence electrons. The van der Waals surface area contributed by atoms with Crippen LogP contribution in [0.1, 0.15) is 174 Å². The lowest BCUT2D eigenvalue weighted by Gasteiger charge is -2.20. The van der Waals surface area contributed by atoms with Gasteiger partial charge in [-0.1, -0.05) is 122 Å². The van der Waals surface area contributed by atoms with E-state index >= 15 is 0 Å². The zero-order chi connectivity index (χ0) is 37.8. The van der Waals surface area contributed by atoms with Gasteiger partial charge in [-0.25, -0.2) is 4.57 Å². The average Bonchev–Trinajstić information content (AvgIpc) is 3.10. The molecule has 0 spiro atoms. The molecule has 0 aromatic rings. The van der Waals surface area contributed by atoms with E-state index in [2.05, 4.69) is 42.7 Å². The number of phosphoric acid groups is 1. The monoisotopic (exact) mass is 745 g/mol. The third kappa shape index (κ3) is 34.8. The molecule has 0 saturated carbocycles. The summed E-state index contributed by atoms with van der Waals surface area (Å²) in [7, 11) is -4.71. The Hall–Kier alpha value is -2.04. The van der Waals surface area contributed by atoms with Crippen molar-refractivity contribution in [2.45, 2.75) is 187 Å². The van der Waals surface area contributed by atoms with Gasteiger partial charge < -0.3 is 25.2 Å². The molecule has 0 aromatic carbocycles. The van der Waals surface area contributed by atoms with E-state index in [0.717, 1.165) is 57.8 Å². The normalized spacial score (nSPS) is 14.1. The molecule has 12 heteroatoms. The highest BCUT2D eigenvalue weighted by atomic mass is 31.2. The van der Waals surface area contributed by atoms with Crippen LogP contribution in [-0.2, 0) is 37.5 Å². The predicted molar refractivity (Wildman–Crippen MR) is 203 cm³/mol. The fourth-order valence-corrected chi connectivity index (χ4v) is 6.01. The molecule has 0 aliphatic rings. The Morgan fingerprint density at radius 3 is 1.51 bits per heavy atom. The molecule has 0 rings (SSSR count). The number of allylic oxidation sites excluding steroid dienone is 4. The lowest BCUT2D eigenvalue weighted by molar-refractivity contribution is -0.161. The Kier molecular flexibility index (Phi) is 33.6.